The van der Waals surface area contributed by atoms with Gasteiger partial charge in [-0.25, -0.2) is 4.79 Å². The van der Waals surface area contributed by atoms with E-state index < -0.39 is 4.87 Å². The third kappa shape index (κ3) is 3.32. The molecule has 1 aromatic carbocycles. The summed E-state index contributed by atoms with van der Waals surface area (Å²) in [5, 5.41) is 3.11. The number of esters is 1. The monoisotopic (exact) mass is 268 g/mol. The fourth-order valence-corrected chi connectivity index (χ4v) is 2.18. The predicted molar refractivity (Wildman–Crippen MR) is 77.9 cm³/mol. The van der Waals surface area contributed by atoms with Crippen LogP contribution in [-0.2, 0) is 9.53 Å². The second-order valence-corrected chi connectivity index (χ2v) is 5.06. The number of nitrogens with one attached hydrogen (secondary N) is 1. The molecular weight excluding hydrogens is 248 g/mol. The standard InChI is InChI=1S/C13H20N2O2S/c1-4-7-13(18,12(16)17-3)15-10-5-6-11(14)9(2)8-10/h5-6,8,15,18H,4,7,14H2,1-3H3. The van der Waals surface area contributed by atoms with Gasteiger partial charge in [0.15, 0.2) is 4.87 Å². The topological polar surface area (TPSA) is 64.3 Å². The summed E-state index contributed by atoms with van der Waals surface area (Å²) < 4.78 is 4.79. The highest BCUT2D eigenvalue weighted by atomic mass is 32.1. The Morgan fingerprint density at radius 3 is 2.72 bits per heavy atom. The minimum absolute atomic E-state index is 0.387. The number of hydrogen-bond donors (Lipinski definition) is 3. The van der Waals surface area contributed by atoms with Crippen LogP contribution in [0.3, 0.4) is 0 Å². The molecule has 0 amide bonds. The summed E-state index contributed by atoms with van der Waals surface area (Å²) in [6.45, 7) is 3.91. The summed E-state index contributed by atoms with van der Waals surface area (Å²) in [6.07, 6.45) is 1.39. The largest absolute Gasteiger partial charge is 0.467 e. The van der Waals surface area contributed by atoms with Gasteiger partial charge in [0.2, 0.25) is 0 Å². The Morgan fingerprint density at radius 1 is 1.56 bits per heavy atom. The fraction of sp³-hybridized carbons (Fsp3) is 0.462. The lowest BCUT2D eigenvalue weighted by Crippen LogP contribution is -2.41. The van der Waals surface area contributed by atoms with Gasteiger partial charge in [-0.15, -0.1) is 12.6 Å². The van der Waals surface area contributed by atoms with Crippen LogP contribution in [-0.4, -0.2) is 18.0 Å². The van der Waals surface area contributed by atoms with E-state index in [9.17, 15) is 4.79 Å². The summed E-state index contributed by atoms with van der Waals surface area (Å²) in [7, 11) is 1.36. The number of thiol groups is 1. The molecule has 0 aromatic heterocycles. The third-order valence-electron chi connectivity index (χ3n) is 2.76. The molecule has 18 heavy (non-hydrogen) atoms. The van der Waals surface area contributed by atoms with Gasteiger partial charge in [-0.1, -0.05) is 13.3 Å². The second-order valence-electron chi connectivity index (χ2n) is 4.30. The molecule has 5 heteroatoms. The Balaban J connectivity index is 2.96. The highest BCUT2D eigenvalue weighted by Crippen LogP contribution is 2.27. The lowest BCUT2D eigenvalue weighted by atomic mass is 10.1. The smallest absolute Gasteiger partial charge is 0.341 e. The Morgan fingerprint density at radius 2 is 2.22 bits per heavy atom. The zero-order valence-electron chi connectivity index (χ0n) is 11.0. The molecule has 0 bridgehead atoms. The molecule has 0 saturated heterocycles. The van der Waals surface area contributed by atoms with Crippen molar-refractivity contribution in [2.75, 3.05) is 18.2 Å². The molecule has 0 saturated carbocycles. The molecule has 0 spiro atoms. The minimum Gasteiger partial charge on any atom is -0.467 e. The highest BCUT2D eigenvalue weighted by molar-refractivity contribution is 7.82. The van der Waals surface area contributed by atoms with Gasteiger partial charge in [0.1, 0.15) is 0 Å². The SMILES string of the molecule is CCCC(S)(Nc1ccc(N)c(C)c1)C(=O)OC. The first kappa shape index (κ1) is 14.7. The van der Waals surface area contributed by atoms with E-state index in [-0.39, 0.29) is 5.97 Å². The van der Waals surface area contributed by atoms with Crippen molar-refractivity contribution < 1.29 is 9.53 Å². The molecule has 1 aromatic rings. The molecule has 0 aliphatic heterocycles. The number of rotatable bonds is 5. The maximum absolute atomic E-state index is 11.8. The second kappa shape index (κ2) is 6.00. The number of anilines is 2. The van der Waals surface area contributed by atoms with E-state index in [2.05, 4.69) is 17.9 Å². The first-order chi connectivity index (χ1) is 8.42. The first-order valence-electron chi connectivity index (χ1n) is 5.88. The lowest BCUT2D eigenvalue weighted by Gasteiger charge is -2.27. The van der Waals surface area contributed by atoms with Gasteiger partial charge in [-0.2, -0.15) is 0 Å². The zero-order valence-corrected chi connectivity index (χ0v) is 11.9. The van der Waals surface area contributed by atoms with Crippen molar-refractivity contribution in [3.8, 4) is 0 Å². The number of carbonyl (C=O) groups is 1. The molecule has 1 rings (SSSR count). The van der Waals surface area contributed by atoms with Crippen molar-refractivity contribution in [3.05, 3.63) is 23.8 Å². The van der Waals surface area contributed by atoms with Gasteiger partial charge in [0, 0.05) is 11.4 Å². The fourth-order valence-electron chi connectivity index (χ4n) is 1.74. The minimum atomic E-state index is -1.01. The maximum Gasteiger partial charge on any atom is 0.341 e. The Bertz CT molecular complexity index is 437. The number of nitrogens with two attached hydrogens (primary N) is 1. The maximum atomic E-state index is 11.8. The van der Waals surface area contributed by atoms with Crippen molar-refractivity contribution in [1.29, 1.82) is 0 Å². The van der Waals surface area contributed by atoms with E-state index in [0.717, 1.165) is 23.4 Å². The van der Waals surface area contributed by atoms with E-state index >= 15 is 0 Å². The van der Waals surface area contributed by atoms with Gasteiger partial charge < -0.3 is 15.8 Å². The quantitative estimate of drug-likeness (QED) is 0.332. The van der Waals surface area contributed by atoms with Crippen LogP contribution in [0.2, 0.25) is 0 Å². The summed E-state index contributed by atoms with van der Waals surface area (Å²) in [4.78, 5) is 10.8. The van der Waals surface area contributed by atoms with Gasteiger partial charge >= 0.3 is 5.97 Å². The molecule has 0 fully saturated rings. The molecule has 1 unspecified atom stereocenters. The summed E-state index contributed by atoms with van der Waals surface area (Å²) in [6, 6.07) is 5.51. The van der Waals surface area contributed by atoms with Crippen LogP contribution < -0.4 is 11.1 Å². The van der Waals surface area contributed by atoms with Crippen LogP contribution >= 0.6 is 12.6 Å². The highest BCUT2D eigenvalue weighted by Gasteiger charge is 2.34. The van der Waals surface area contributed by atoms with Crippen LogP contribution in [0, 0.1) is 6.92 Å². The van der Waals surface area contributed by atoms with E-state index in [0.29, 0.717) is 6.42 Å². The van der Waals surface area contributed by atoms with E-state index in [1.807, 2.05) is 26.0 Å². The number of nitrogen functional groups attached to an aromatic ring is 1. The van der Waals surface area contributed by atoms with E-state index in [1.54, 1.807) is 6.07 Å². The average molecular weight is 268 g/mol. The summed E-state index contributed by atoms with van der Waals surface area (Å²) in [5.41, 5.74) is 8.24. The molecule has 0 aliphatic carbocycles. The van der Waals surface area contributed by atoms with Crippen molar-refractivity contribution in [3.63, 3.8) is 0 Å². The molecule has 4 nitrogen and oxygen atoms in total. The van der Waals surface area contributed by atoms with Crippen LogP contribution in [0.4, 0.5) is 11.4 Å². The normalized spacial score (nSPS) is 13.8. The predicted octanol–water partition coefficient (Wildman–Crippen LogP) is 2.59. The van der Waals surface area contributed by atoms with Crippen LogP contribution in [0.1, 0.15) is 25.3 Å². The first-order valence-corrected chi connectivity index (χ1v) is 6.32. The van der Waals surface area contributed by atoms with Gasteiger partial charge in [-0.3, -0.25) is 0 Å². The van der Waals surface area contributed by atoms with Crippen molar-refractivity contribution >= 4 is 30.0 Å². The van der Waals surface area contributed by atoms with E-state index in [1.165, 1.54) is 7.11 Å². The van der Waals surface area contributed by atoms with E-state index in [4.69, 9.17) is 10.5 Å². The molecule has 0 aliphatic rings. The zero-order chi connectivity index (χ0) is 13.8. The molecule has 100 valence electrons. The van der Waals surface area contributed by atoms with Gasteiger partial charge in [-0.05, 0) is 37.1 Å². The third-order valence-corrected chi connectivity index (χ3v) is 3.27. The molecule has 0 radical (unpaired) electrons. The van der Waals surface area contributed by atoms with Crippen molar-refractivity contribution in [1.82, 2.24) is 0 Å². The number of methoxy groups -OCH3 is 1. The van der Waals surface area contributed by atoms with Gasteiger partial charge in [0.25, 0.3) is 0 Å². The van der Waals surface area contributed by atoms with Crippen LogP contribution in [0.5, 0.6) is 0 Å². The van der Waals surface area contributed by atoms with Crippen molar-refractivity contribution in [2.24, 2.45) is 0 Å². The number of hydrogen-bond acceptors (Lipinski definition) is 5. The van der Waals surface area contributed by atoms with Crippen molar-refractivity contribution in [2.45, 2.75) is 31.6 Å². The number of benzene rings is 1. The molecule has 1 atom stereocenters. The molecular formula is C13H20N2O2S. The average Bonchev–Trinajstić information content (AvgIpc) is 2.33. The summed E-state index contributed by atoms with van der Waals surface area (Å²) >= 11 is 4.43. The lowest BCUT2D eigenvalue weighted by molar-refractivity contribution is -0.142. The molecule has 0 heterocycles. The number of aryl methyl sites for hydroxylation is 1. The Kier molecular flexibility index (Phi) is 4.90. The number of carbonyl (C=O) groups excluding carboxylic acids is 1. The van der Waals surface area contributed by atoms with Gasteiger partial charge in [0.05, 0.1) is 7.11 Å². The van der Waals surface area contributed by atoms with Crippen LogP contribution in [0.25, 0.3) is 0 Å². The summed E-state index contributed by atoms with van der Waals surface area (Å²) in [5.74, 6) is -0.387. The van der Waals surface area contributed by atoms with Crippen LogP contribution in [0.15, 0.2) is 18.2 Å². The number of ether oxygens (including phenoxy) is 1. The molecule has 3 N–H and O–H groups in total. The Labute approximate surface area is 113 Å². The Hall–Kier alpha value is -1.36.